The third kappa shape index (κ3) is 6.61. The molecule has 1 atom stereocenters. The van der Waals surface area contributed by atoms with E-state index in [1.54, 1.807) is 14.2 Å². The van der Waals surface area contributed by atoms with Crippen LogP contribution in [0.1, 0.15) is 29.7 Å². The Morgan fingerprint density at radius 3 is 2.21 bits per heavy atom. The van der Waals surface area contributed by atoms with E-state index in [-0.39, 0.29) is 11.8 Å². The monoisotopic (exact) mass is 546 g/mol. The number of rotatable bonds is 8. The van der Waals surface area contributed by atoms with Gasteiger partial charge in [-0.25, -0.2) is 0 Å². The molecule has 1 unspecified atom stereocenters. The van der Waals surface area contributed by atoms with Crippen LogP contribution in [0.5, 0.6) is 23.0 Å². The molecule has 10 heteroatoms. The molecule has 38 heavy (non-hydrogen) atoms. The molecule has 0 aliphatic carbocycles. The van der Waals surface area contributed by atoms with Crippen LogP contribution in [0.4, 0.5) is 18.9 Å². The van der Waals surface area contributed by atoms with E-state index in [1.165, 1.54) is 29.8 Å². The van der Waals surface area contributed by atoms with Crippen LogP contribution < -0.4 is 24.3 Å². The second-order valence-corrected chi connectivity index (χ2v) is 9.06. The van der Waals surface area contributed by atoms with Gasteiger partial charge in [0.1, 0.15) is 18.1 Å². The zero-order valence-corrected chi connectivity index (χ0v) is 22.1. The van der Waals surface area contributed by atoms with Gasteiger partial charge in [0.15, 0.2) is 16.6 Å². The first-order valence-electron chi connectivity index (χ1n) is 12.1. The molecule has 4 rings (SSSR count). The molecule has 3 aromatic carbocycles. The standard InChI is InChI=1S/C28H29F3N2O4S/c1-4-18-5-9-21(10-6-18)36-17-24-23-16-26(35-3)25(34-2)15-19(23)13-14-33(24)27(38)32-20-7-11-22(12-8-20)37-28(29,30)31/h5-12,15-16,24H,4,13-14,17H2,1-3H3,(H,32,38). The molecule has 0 radical (unpaired) electrons. The van der Waals surface area contributed by atoms with E-state index >= 15 is 0 Å². The zero-order valence-electron chi connectivity index (χ0n) is 21.3. The van der Waals surface area contributed by atoms with Crippen molar-refractivity contribution in [2.75, 3.05) is 32.7 Å². The summed E-state index contributed by atoms with van der Waals surface area (Å²) in [5.41, 5.74) is 3.86. The second kappa shape index (κ2) is 11.8. The molecule has 1 N–H and O–H groups in total. The summed E-state index contributed by atoms with van der Waals surface area (Å²) in [5, 5.41) is 3.56. The van der Waals surface area contributed by atoms with E-state index in [1.807, 2.05) is 41.3 Å². The summed E-state index contributed by atoms with van der Waals surface area (Å²) in [6.07, 6.45) is -3.11. The van der Waals surface area contributed by atoms with E-state index < -0.39 is 6.36 Å². The first-order chi connectivity index (χ1) is 18.2. The van der Waals surface area contributed by atoms with Crippen LogP contribution in [0.25, 0.3) is 0 Å². The lowest BCUT2D eigenvalue weighted by atomic mass is 9.92. The Kier molecular flexibility index (Phi) is 8.51. The van der Waals surface area contributed by atoms with Crippen molar-refractivity contribution in [3.63, 3.8) is 0 Å². The number of ether oxygens (including phenoxy) is 4. The highest BCUT2D eigenvalue weighted by Crippen LogP contribution is 2.39. The second-order valence-electron chi connectivity index (χ2n) is 8.68. The number of anilines is 1. The number of benzene rings is 3. The molecule has 6 nitrogen and oxygen atoms in total. The summed E-state index contributed by atoms with van der Waals surface area (Å²) < 4.78 is 58.7. The lowest BCUT2D eigenvalue weighted by molar-refractivity contribution is -0.274. The minimum absolute atomic E-state index is 0.253. The first kappa shape index (κ1) is 27.4. The third-order valence-electron chi connectivity index (χ3n) is 6.34. The molecule has 0 aromatic heterocycles. The smallest absolute Gasteiger partial charge is 0.493 e. The van der Waals surface area contributed by atoms with Crippen molar-refractivity contribution in [2.45, 2.75) is 32.2 Å². The van der Waals surface area contributed by atoms with Crippen molar-refractivity contribution in [2.24, 2.45) is 0 Å². The largest absolute Gasteiger partial charge is 0.573 e. The Bertz CT molecular complexity index is 1250. The maximum absolute atomic E-state index is 12.5. The van der Waals surface area contributed by atoms with E-state index in [4.69, 9.17) is 26.4 Å². The van der Waals surface area contributed by atoms with Crippen LogP contribution in [0.15, 0.2) is 60.7 Å². The molecule has 3 aromatic rings. The van der Waals surface area contributed by atoms with Crippen LogP contribution >= 0.6 is 12.2 Å². The van der Waals surface area contributed by atoms with Crippen molar-refractivity contribution in [3.05, 3.63) is 77.4 Å². The molecule has 0 bridgehead atoms. The number of halogens is 3. The zero-order chi connectivity index (χ0) is 27.3. The Morgan fingerprint density at radius 2 is 1.61 bits per heavy atom. The number of hydrogen-bond acceptors (Lipinski definition) is 5. The van der Waals surface area contributed by atoms with Crippen LogP contribution in [0.2, 0.25) is 0 Å². The molecular formula is C28H29F3N2O4S. The van der Waals surface area contributed by atoms with Crippen LogP contribution in [0.3, 0.4) is 0 Å². The lowest BCUT2D eigenvalue weighted by Crippen LogP contribution is -2.44. The van der Waals surface area contributed by atoms with Crippen LogP contribution in [-0.2, 0) is 12.8 Å². The number of nitrogens with one attached hydrogen (secondary N) is 1. The van der Waals surface area contributed by atoms with E-state index in [0.29, 0.717) is 41.9 Å². The molecule has 1 aliphatic rings. The number of fused-ring (bicyclic) bond motifs is 1. The summed E-state index contributed by atoms with van der Waals surface area (Å²) in [6.45, 7) is 3.01. The maximum atomic E-state index is 12.5. The average Bonchev–Trinajstić information content (AvgIpc) is 2.91. The van der Waals surface area contributed by atoms with Gasteiger partial charge < -0.3 is 29.2 Å². The van der Waals surface area contributed by atoms with Gasteiger partial charge in [-0.2, -0.15) is 0 Å². The number of nitrogens with zero attached hydrogens (tertiary/aromatic N) is 1. The molecule has 1 aliphatic heterocycles. The van der Waals surface area contributed by atoms with Gasteiger partial charge >= 0.3 is 6.36 Å². The molecule has 202 valence electrons. The average molecular weight is 547 g/mol. The van der Waals surface area contributed by atoms with Gasteiger partial charge in [-0.1, -0.05) is 19.1 Å². The maximum Gasteiger partial charge on any atom is 0.573 e. The summed E-state index contributed by atoms with van der Waals surface area (Å²) >= 11 is 5.75. The minimum atomic E-state index is -4.75. The van der Waals surface area contributed by atoms with E-state index in [9.17, 15) is 13.2 Å². The Morgan fingerprint density at radius 1 is 0.974 bits per heavy atom. The van der Waals surface area contributed by atoms with Gasteiger partial charge in [-0.05, 0) is 90.3 Å². The summed E-state index contributed by atoms with van der Waals surface area (Å²) in [6, 6.07) is 17.1. The molecule has 0 fully saturated rings. The fourth-order valence-electron chi connectivity index (χ4n) is 4.38. The summed E-state index contributed by atoms with van der Waals surface area (Å²) in [5.74, 6) is 1.69. The molecule has 0 spiro atoms. The normalized spacial score (nSPS) is 14.9. The van der Waals surface area contributed by atoms with Crippen molar-refractivity contribution < 1.29 is 32.1 Å². The molecule has 0 amide bonds. The molecule has 0 saturated heterocycles. The Hall–Kier alpha value is -3.66. The summed E-state index contributed by atoms with van der Waals surface area (Å²) in [4.78, 5) is 2.02. The minimum Gasteiger partial charge on any atom is -0.493 e. The highest BCUT2D eigenvalue weighted by Gasteiger charge is 2.32. The highest BCUT2D eigenvalue weighted by atomic mass is 32.1. The number of thiocarbonyl (C=S) groups is 1. The van der Waals surface area contributed by atoms with Gasteiger partial charge in [0, 0.05) is 12.2 Å². The van der Waals surface area contributed by atoms with Gasteiger partial charge in [-0.3, -0.25) is 0 Å². The quantitative estimate of drug-likeness (QED) is 0.322. The van der Waals surface area contributed by atoms with Gasteiger partial charge in [-0.15, -0.1) is 13.2 Å². The number of aryl methyl sites for hydroxylation is 1. The lowest BCUT2D eigenvalue weighted by Gasteiger charge is -2.39. The van der Waals surface area contributed by atoms with Crippen molar-refractivity contribution >= 4 is 23.0 Å². The molecule has 1 heterocycles. The van der Waals surface area contributed by atoms with Gasteiger partial charge in [0.25, 0.3) is 0 Å². The van der Waals surface area contributed by atoms with Gasteiger partial charge in [0.05, 0.1) is 20.3 Å². The Labute approximate surface area is 225 Å². The SMILES string of the molecule is CCc1ccc(OCC2c3cc(OC)c(OC)cc3CCN2C(=S)Nc2ccc(OC(F)(F)F)cc2)cc1. The van der Waals surface area contributed by atoms with Crippen LogP contribution in [-0.4, -0.2) is 43.7 Å². The van der Waals surface area contributed by atoms with Gasteiger partial charge in [0.2, 0.25) is 0 Å². The predicted octanol–water partition coefficient (Wildman–Crippen LogP) is 6.54. The van der Waals surface area contributed by atoms with Crippen molar-refractivity contribution in [1.82, 2.24) is 4.90 Å². The number of alkyl halides is 3. The number of hydrogen-bond donors (Lipinski definition) is 1. The van der Waals surface area contributed by atoms with Crippen LogP contribution in [0, 0.1) is 0 Å². The predicted molar refractivity (Wildman–Crippen MR) is 143 cm³/mol. The summed E-state index contributed by atoms with van der Waals surface area (Å²) in [7, 11) is 3.19. The third-order valence-corrected chi connectivity index (χ3v) is 6.68. The van der Waals surface area contributed by atoms with Crippen molar-refractivity contribution in [1.29, 1.82) is 0 Å². The Balaban J connectivity index is 1.57. The highest BCUT2D eigenvalue weighted by molar-refractivity contribution is 7.80. The molecular weight excluding hydrogens is 517 g/mol. The first-order valence-corrected chi connectivity index (χ1v) is 12.5. The fourth-order valence-corrected chi connectivity index (χ4v) is 4.72. The molecule has 0 saturated carbocycles. The number of methoxy groups -OCH3 is 2. The van der Waals surface area contributed by atoms with Crippen molar-refractivity contribution in [3.8, 4) is 23.0 Å². The fraction of sp³-hybridized carbons (Fsp3) is 0.321. The van der Waals surface area contributed by atoms with E-state index in [0.717, 1.165) is 23.3 Å². The topological polar surface area (TPSA) is 52.2 Å². The van der Waals surface area contributed by atoms with E-state index in [2.05, 4.69) is 17.0 Å².